The van der Waals surface area contributed by atoms with Crippen molar-refractivity contribution in [3.05, 3.63) is 35.4 Å². The van der Waals surface area contributed by atoms with Crippen LogP contribution in [0.1, 0.15) is 18.4 Å². The Balaban J connectivity index is 2.02. The molecule has 0 radical (unpaired) electrons. The van der Waals surface area contributed by atoms with Crippen LogP contribution in [0.15, 0.2) is 18.2 Å². The lowest BCUT2D eigenvalue weighted by atomic mass is 9.88. The van der Waals surface area contributed by atoms with Gasteiger partial charge in [0.25, 0.3) is 0 Å². The van der Waals surface area contributed by atoms with Crippen LogP contribution in [0.5, 0.6) is 0 Å². The van der Waals surface area contributed by atoms with Crippen LogP contribution in [0.4, 0.5) is 8.78 Å². The topological polar surface area (TPSA) is 47.3 Å². The Morgan fingerprint density at radius 2 is 2.00 bits per heavy atom. The molecule has 5 heteroatoms. The summed E-state index contributed by atoms with van der Waals surface area (Å²) in [5.41, 5.74) is 3.54. The second-order valence-electron chi connectivity index (χ2n) is 4.68. The van der Waals surface area contributed by atoms with E-state index in [2.05, 4.69) is 5.43 Å². The molecular formula is C13H18F2N2O. The van der Waals surface area contributed by atoms with Gasteiger partial charge in [0, 0.05) is 19.3 Å². The van der Waals surface area contributed by atoms with E-state index in [0.29, 0.717) is 12.3 Å². The summed E-state index contributed by atoms with van der Waals surface area (Å²) in [6.07, 6.45) is 2.48. The normalized spacial score (nSPS) is 18.8. The van der Waals surface area contributed by atoms with Crippen molar-refractivity contribution < 1.29 is 13.5 Å². The van der Waals surface area contributed by atoms with Crippen molar-refractivity contribution in [2.24, 2.45) is 11.8 Å². The van der Waals surface area contributed by atoms with Gasteiger partial charge < -0.3 is 4.74 Å². The molecule has 3 nitrogen and oxygen atoms in total. The first-order valence-electron chi connectivity index (χ1n) is 6.18. The molecule has 0 aromatic heterocycles. The molecule has 0 saturated carbocycles. The van der Waals surface area contributed by atoms with E-state index in [9.17, 15) is 8.78 Å². The average Bonchev–Trinajstić information content (AvgIpc) is 2.41. The fraction of sp³-hybridized carbons (Fsp3) is 0.538. The van der Waals surface area contributed by atoms with Gasteiger partial charge in [-0.25, -0.2) is 8.78 Å². The average molecular weight is 256 g/mol. The Morgan fingerprint density at radius 3 is 2.61 bits per heavy atom. The maximum Gasteiger partial charge on any atom is 0.159 e. The molecule has 1 saturated heterocycles. The number of halogens is 2. The molecule has 1 heterocycles. The van der Waals surface area contributed by atoms with E-state index in [0.717, 1.165) is 37.7 Å². The fourth-order valence-electron chi connectivity index (χ4n) is 2.40. The largest absolute Gasteiger partial charge is 0.381 e. The number of nitrogens with two attached hydrogens (primary N) is 1. The maximum absolute atomic E-state index is 13.1. The van der Waals surface area contributed by atoms with E-state index < -0.39 is 11.6 Å². The maximum atomic E-state index is 13.1. The summed E-state index contributed by atoms with van der Waals surface area (Å²) >= 11 is 0. The molecule has 2 rings (SSSR count). The highest BCUT2D eigenvalue weighted by Gasteiger charge is 2.23. The van der Waals surface area contributed by atoms with Crippen LogP contribution in [0.3, 0.4) is 0 Å². The van der Waals surface area contributed by atoms with Gasteiger partial charge >= 0.3 is 0 Å². The number of benzene rings is 1. The molecule has 0 amide bonds. The Labute approximate surface area is 105 Å². The summed E-state index contributed by atoms with van der Waals surface area (Å²) in [5, 5.41) is 0. The van der Waals surface area contributed by atoms with Gasteiger partial charge in [-0.2, -0.15) is 0 Å². The molecule has 1 aromatic carbocycles. The smallest absolute Gasteiger partial charge is 0.159 e. The zero-order valence-corrected chi connectivity index (χ0v) is 10.2. The van der Waals surface area contributed by atoms with Crippen LogP contribution >= 0.6 is 0 Å². The summed E-state index contributed by atoms with van der Waals surface area (Å²) in [5.74, 6) is 4.35. The molecule has 18 heavy (non-hydrogen) atoms. The molecule has 3 N–H and O–H groups in total. The third-order valence-corrected chi connectivity index (χ3v) is 3.49. The van der Waals surface area contributed by atoms with Crippen molar-refractivity contribution in [3.63, 3.8) is 0 Å². The van der Waals surface area contributed by atoms with Gasteiger partial charge in [-0.3, -0.25) is 11.3 Å². The van der Waals surface area contributed by atoms with Gasteiger partial charge in [-0.05, 0) is 42.9 Å². The lowest BCUT2D eigenvalue weighted by molar-refractivity contribution is 0.0537. The summed E-state index contributed by atoms with van der Waals surface area (Å²) < 4.78 is 31.3. The minimum absolute atomic E-state index is 0.0683. The molecule has 1 unspecified atom stereocenters. The predicted octanol–water partition coefficient (Wildman–Crippen LogP) is 1.77. The zero-order chi connectivity index (χ0) is 13.0. The summed E-state index contributed by atoms with van der Waals surface area (Å²) in [6, 6.07) is 4.06. The van der Waals surface area contributed by atoms with Gasteiger partial charge in [-0.15, -0.1) is 0 Å². The van der Waals surface area contributed by atoms with E-state index >= 15 is 0 Å². The van der Waals surface area contributed by atoms with Crippen molar-refractivity contribution in [2.75, 3.05) is 13.2 Å². The van der Waals surface area contributed by atoms with Crippen LogP contribution in [0.25, 0.3) is 0 Å². The van der Waals surface area contributed by atoms with Gasteiger partial charge in [0.2, 0.25) is 0 Å². The third kappa shape index (κ3) is 3.25. The minimum Gasteiger partial charge on any atom is -0.381 e. The molecule has 1 atom stereocenters. The van der Waals surface area contributed by atoms with Crippen LogP contribution in [0, 0.1) is 17.6 Å². The molecule has 1 aliphatic heterocycles. The molecule has 0 bridgehead atoms. The SMILES string of the molecule is NNC(Cc1ccc(F)c(F)c1)C1CCOCC1. The fourth-order valence-corrected chi connectivity index (χ4v) is 2.40. The van der Waals surface area contributed by atoms with Crippen LogP contribution in [0.2, 0.25) is 0 Å². The van der Waals surface area contributed by atoms with Gasteiger partial charge in [0.1, 0.15) is 0 Å². The van der Waals surface area contributed by atoms with Gasteiger partial charge in [0.15, 0.2) is 11.6 Å². The van der Waals surface area contributed by atoms with Crippen molar-refractivity contribution in [1.82, 2.24) is 5.43 Å². The first-order valence-corrected chi connectivity index (χ1v) is 6.18. The number of hydrogen-bond acceptors (Lipinski definition) is 3. The second kappa shape index (κ2) is 6.22. The van der Waals surface area contributed by atoms with E-state index in [1.807, 2.05) is 0 Å². The predicted molar refractivity (Wildman–Crippen MR) is 64.7 cm³/mol. The number of nitrogens with one attached hydrogen (secondary N) is 1. The van der Waals surface area contributed by atoms with Crippen molar-refractivity contribution >= 4 is 0 Å². The van der Waals surface area contributed by atoms with Crippen molar-refractivity contribution in [3.8, 4) is 0 Å². The summed E-state index contributed by atoms with van der Waals surface area (Å²) in [6.45, 7) is 1.47. The van der Waals surface area contributed by atoms with Crippen molar-refractivity contribution in [2.45, 2.75) is 25.3 Å². The molecule has 0 spiro atoms. The highest BCUT2D eigenvalue weighted by atomic mass is 19.2. The number of ether oxygens (including phenoxy) is 1. The third-order valence-electron chi connectivity index (χ3n) is 3.49. The Bertz CT molecular complexity index is 395. The van der Waals surface area contributed by atoms with E-state index in [4.69, 9.17) is 10.6 Å². The molecule has 1 aliphatic rings. The highest BCUT2D eigenvalue weighted by Crippen LogP contribution is 2.21. The number of hydrogen-bond donors (Lipinski definition) is 2. The molecule has 100 valence electrons. The Hall–Kier alpha value is -1.04. The van der Waals surface area contributed by atoms with Crippen LogP contribution < -0.4 is 11.3 Å². The van der Waals surface area contributed by atoms with E-state index in [1.54, 1.807) is 6.07 Å². The first kappa shape index (κ1) is 13.4. The summed E-state index contributed by atoms with van der Waals surface area (Å²) in [4.78, 5) is 0. The van der Waals surface area contributed by atoms with Crippen LogP contribution in [-0.2, 0) is 11.2 Å². The number of hydrazine groups is 1. The first-order chi connectivity index (χ1) is 8.70. The lowest BCUT2D eigenvalue weighted by Gasteiger charge is -2.29. The number of rotatable bonds is 4. The monoisotopic (exact) mass is 256 g/mol. The molecule has 1 fully saturated rings. The molecule has 0 aliphatic carbocycles. The zero-order valence-electron chi connectivity index (χ0n) is 10.2. The highest BCUT2D eigenvalue weighted by molar-refractivity contribution is 5.19. The Morgan fingerprint density at radius 1 is 1.28 bits per heavy atom. The quantitative estimate of drug-likeness (QED) is 0.637. The lowest BCUT2D eigenvalue weighted by Crippen LogP contribution is -2.44. The van der Waals surface area contributed by atoms with E-state index in [1.165, 1.54) is 6.07 Å². The van der Waals surface area contributed by atoms with Gasteiger partial charge in [0.05, 0.1) is 0 Å². The second-order valence-corrected chi connectivity index (χ2v) is 4.68. The summed E-state index contributed by atoms with van der Waals surface area (Å²) in [7, 11) is 0. The minimum atomic E-state index is -0.818. The van der Waals surface area contributed by atoms with Crippen molar-refractivity contribution in [1.29, 1.82) is 0 Å². The standard InChI is InChI=1S/C13H18F2N2O/c14-11-2-1-9(7-12(11)15)8-13(17-16)10-3-5-18-6-4-10/h1-2,7,10,13,17H,3-6,8,16H2. The van der Waals surface area contributed by atoms with Gasteiger partial charge in [-0.1, -0.05) is 6.07 Å². The molecule has 1 aromatic rings. The van der Waals surface area contributed by atoms with Crippen LogP contribution in [-0.4, -0.2) is 19.3 Å². The Kier molecular flexibility index (Phi) is 4.63. The molecular weight excluding hydrogens is 238 g/mol. The van der Waals surface area contributed by atoms with E-state index in [-0.39, 0.29) is 6.04 Å².